The highest BCUT2D eigenvalue weighted by Crippen LogP contribution is 2.28. The molecule has 1 atom stereocenters. The van der Waals surface area contributed by atoms with Crippen LogP contribution in [0.4, 0.5) is 0 Å². The Kier molecular flexibility index (Phi) is 4.42. The van der Waals surface area contributed by atoms with E-state index in [0.717, 1.165) is 37.1 Å². The average molecular weight is 285 g/mol. The number of nitrogens with zero attached hydrogens (tertiary/aromatic N) is 1. The van der Waals surface area contributed by atoms with Crippen molar-refractivity contribution in [3.8, 4) is 5.75 Å². The van der Waals surface area contributed by atoms with Crippen LogP contribution in [0.5, 0.6) is 5.75 Å². The van der Waals surface area contributed by atoms with Crippen LogP contribution in [0, 0.1) is 0 Å². The molecule has 2 aromatic rings. The quantitative estimate of drug-likeness (QED) is 0.932. The first-order valence-electron chi connectivity index (χ1n) is 7.74. The van der Waals surface area contributed by atoms with Gasteiger partial charge in [-0.3, -0.25) is 4.90 Å². The predicted molar refractivity (Wildman–Crippen MR) is 85.5 cm³/mol. The van der Waals surface area contributed by atoms with Gasteiger partial charge in [0, 0.05) is 25.3 Å². The van der Waals surface area contributed by atoms with Crippen LogP contribution in [0.15, 0.2) is 36.4 Å². The average Bonchev–Trinajstić information content (AvgIpc) is 2.51. The van der Waals surface area contributed by atoms with E-state index in [1.54, 1.807) is 6.07 Å². The van der Waals surface area contributed by atoms with Crippen molar-refractivity contribution in [3.05, 3.63) is 42.0 Å². The second-order valence-corrected chi connectivity index (χ2v) is 5.97. The standard InChI is InChI=1S/C18H23NO2/c1-19(12-15-7-4-5-11-21-15)13-17-16-8-3-2-6-14(16)9-10-18(17)20/h2-3,6,8-10,15,20H,4-5,7,11-13H2,1H3. The highest BCUT2D eigenvalue weighted by atomic mass is 16.5. The van der Waals surface area contributed by atoms with E-state index in [4.69, 9.17) is 4.74 Å². The summed E-state index contributed by atoms with van der Waals surface area (Å²) in [5.74, 6) is 0.380. The first-order valence-corrected chi connectivity index (χ1v) is 7.74. The third-order valence-electron chi connectivity index (χ3n) is 4.23. The molecule has 1 fully saturated rings. The molecule has 1 aliphatic rings. The van der Waals surface area contributed by atoms with Crippen LogP contribution >= 0.6 is 0 Å². The second kappa shape index (κ2) is 6.46. The summed E-state index contributed by atoms with van der Waals surface area (Å²) >= 11 is 0. The minimum atomic E-state index is 0.334. The van der Waals surface area contributed by atoms with Crippen LogP contribution < -0.4 is 0 Å². The number of hydrogen-bond donors (Lipinski definition) is 1. The van der Waals surface area contributed by atoms with E-state index in [1.165, 1.54) is 18.2 Å². The van der Waals surface area contributed by atoms with Crippen molar-refractivity contribution < 1.29 is 9.84 Å². The van der Waals surface area contributed by atoms with E-state index in [2.05, 4.69) is 24.1 Å². The van der Waals surface area contributed by atoms with Gasteiger partial charge in [-0.25, -0.2) is 0 Å². The van der Waals surface area contributed by atoms with Gasteiger partial charge in [0.1, 0.15) is 5.75 Å². The summed E-state index contributed by atoms with van der Waals surface area (Å²) in [6, 6.07) is 12.0. The lowest BCUT2D eigenvalue weighted by atomic mass is 10.0. The van der Waals surface area contributed by atoms with Gasteiger partial charge >= 0.3 is 0 Å². The second-order valence-electron chi connectivity index (χ2n) is 5.97. The van der Waals surface area contributed by atoms with Gasteiger partial charge in [0.15, 0.2) is 0 Å². The van der Waals surface area contributed by atoms with Gasteiger partial charge < -0.3 is 9.84 Å². The fraction of sp³-hybridized carbons (Fsp3) is 0.444. The summed E-state index contributed by atoms with van der Waals surface area (Å²) in [6.45, 7) is 2.55. The van der Waals surface area contributed by atoms with Crippen LogP contribution in [0.3, 0.4) is 0 Å². The molecule has 3 heteroatoms. The Balaban J connectivity index is 1.75. The number of hydrogen-bond acceptors (Lipinski definition) is 3. The molecule has 0 amide bonds. The molecule has 1 N–H and O–H groups in total. The number of ether oxygens (including phenoxy) is 1. The number of phenolic OH excluding ortho intramolecular Hbond substituents is 1. The molecule has 3 rings (SSSR count). The Morgan fingerprint density at radius 3 is 2.86 bits per heavy atom. The molecule has 0 aliphatic carbocycles. The van der Waals surface area contributed by atoms with Crippen molar-refractivity contribution in [3.63, 3.8) is 0 Å². The van der Waals surface area contributed by atoms with Gasteiger partial charge in [-0.05, 0) is 43.1 Å². The smallest absolute Gasteiger partial charge is 0.120 e. The minimum Gasteiger partial charge on any atom is -0.508 e. The first kappa shape index (κ1) is 14.4. The van der Waals surface area contributed by atoms with Crippen molar-refractivity contribution in [2.75, 3.05) is 20.2 Å². The lowest BCUT2D eigenvalue weighted by Gasteiger charge is -2.27. The molecule has 0 bridgehead atoms. The molecule has 1 saturated heterocycles. The predicted octanol–water partition coefficient (Wildman–Crippen LogP) is 3.55. The maximum absolute atomic E-state index is 10.2. The molecule has 0 spiro atoms. The van der Waals surface area contributed by atoms with E-state index in [9.17, 15) is 5.11 Å². The summed E-state index contributed by atoms with van der Waals surface area (Å²) < 4.78 is 5.80. The number of benzene rings is 2. The van der Waals surface area contributed by atoms with Gasteiger partial charge in [-0.15, -0.1) is 0 Å². The molecule has 1 unspecified atom stereocenters. The van der Waals surface area contributed by atoms with Crippen LogP contribution in [-0.2, 0) is 11.3 Å². The Hall–Kier alpha value is -1.58. The van der Waals surface area contributed by atoms with Crippen LogP contribution in [-0.4, -0.2) is 36.3 Å². The first-order chi connectivity index (χ1) is 10.2. The zero-order valence-corrected chi connectivity index (χ0v) is 12.6. The normalized spacial score (nSPS) is 19.2. The lowest BCUT2D eigenvalue weighted by Crippen LogP contribution is -2.33. The van der Waals surface area contributed by atoms with Crippen LogP contribution in [0.2, 0.25) is 0 Å². The van der Waals surface area contributed by atoms with E-state index < -0.39 is 0 Å². The number of fused-ring (bicyclic) bond motifs is 1. The van der Waals surface area contributed by atoms with Gasteiger partial charge in [-0.2, -0.15) is 0 Å². The Morgan fingerprint density at radius 1 is 1.19 bits per heavy atom. The largest absolute Gasteiger partial charge is 0.508 e. The fourth-order valence-electron chi connectivity index (χ4n) is 3.12. The molecule has 1 aliphatic heterocycles. The maximum atomic E-state index is 10.2. The summed E-state index contributed by atoms with van der Waals surface area (Å²) in [6.07, 6.45) is 3.93. The van der Waals surface area contributed by atoms with Crippen molar-refractivity contribution >= 4 is 10.8 Å². The zero-order valence-electron chi connectivity index (χ0n) is 12.6. The Morgan fingerprint density at radius 2 is 2.05 bits per heavy atom. The molecule has 0 aromatic heterocycles. The van der Waals surface area contributed by atoms with Crippen molar-refractivity contribution in [2.45, 2.75) is 31.9 Å². The molecular weight excluding hydrogens is 262 g/mol. The Bertz CT molecular complexity index is 605. The van der Waals surface area contributed by atoms with E-state index in [1.807, 2.05) is 18.2 Å². The molecule has 3 nitrogen and oxygen atoms in total. The lowest BCUT2D eigenvalue weighted by molar-refractivity contribution is -0.00262. The molecule has 21 heavy (non-hydrogen) atoms. The van der Waals surface area contributed by atoms with Gasteiger partial charge in [0.25, 0.3) is 0 Å². The number of likely N-dealkylation sites (N-methyl/N-ethyl adjacent to an activating group) is 1. The number of aromatic hydroxyl groups is 1. The van der Waals surface area contributed by atoms with Crippen LogP contribution in [0.1, 0.15) is 24.8 Å². The maximum Gasteiger partial charge on any atom is 0.120 e. The Labute approximate surface area is 126 Å². The molecule has 0 saturated carbocycles. The topological polar surface area (TPSA) is 32.7 Å². The summed E-state index contributed by atoms with van der Waals surface area (Å²) in [5, 5.41) is 12.5. The number of rotatable bonds is 4. The van der Waals surface area contributed by atoms with Gasteiger partial charge in [0.05, 0.1) is 6.10 Å². The van der Waals surface area contributed by atoms with Crippen molar-refractivity contribution in [1.29, 1.82) is 0 Å². The summed E-state index contributed by atoms with van der Waals surface area (Å²) in [7, 11) is 2.10. The molecule has 112 valence electrons. The zero-order chi connectivity index (χ0) is 14.7. The van der Waals surface area contributed by atoms with E-state index in [-0.39, 0.29) is 0 Å². The highest BCUT2D eigenvalue weighted by molar-refractivity contribution is 5.87. The number of phenols is 1. The fourth-order valence-corrected chi connectivity index (χ4v) is 3.12. The summed E-state index contributed by atoms with van der Waals surface area (Å²) in [5.41, 5.74) is 1.01. The van der Waals surface area contributed by atoms with Crippen LogP contribution in [0.25, 0.3) is 10.8 Å². The molecule has 1 heterocycles. The third kappa shape index (κ3) is 3.36. The third-order valence-corrected chi connectivity index (χ3v) is 4.23. The van der Waals surface area contributed by atoms with Crippen molar-refractivity contribution in [1.82, 2.24) is 4.90 Å². The molecular formula is C18H23NO2. The SMILES string of the molecule is CN(Cc1c(O)ccc2ccccc12)CC1CCCCO1. The van der Waals surface area contributed by atoms with Gasteiger partial charge in [0.2, 0.25) is 0 Å². The monoisotopic (exact) mass is 285 g/mol. The van der Waals surface area contributed by atoms with Crippen molar-refractivity contribution in [2.24, 2.45) is 0 Å². The summed E-state index contributed by atoms with van der Waals surface area (Å²) in [4.78, 5) is 2.25. The highest BCUT2D eigenvalue weighted by Gasteiger charge is 2.17. The van der Waals surface area contributed by atoms with E-state index in [0.29, 0.717) is 11.9 Å². The molecule has 0 radical (unpaired) electrons. The van der Waals surface area contributed by atoms with Gasteiger partial charge in [-0.1, -0.05) is 30.3 Å². The molecule has 2 aromatic carbocycles. The minimum absolute atomic E-state index is 0.334. The van der Waals surface area contributed by atoms with E-state index >= 15 is 0 Å².